The largest absolute Gasteiger partial charge is 0.349 e. The number of allylic oxidation sites excluding steroid dienone is 1. The highest BCUT2D eigenvalue weighted by Gasteiger charge is 2.30. The van der Waals surface area contributed by atoms with Crippen molar-refractivity contribution in [1.82, 2.24) is 19.9 Å². The van der Waals surface area contributed by atoms with Crippen LogP contribution in [0.25, 0.3) is 82.2 Å². The highest BCUT2D eigenvalue weighted by molar-refractivity contribution is 6.25. The number of hydrogen-bond acceptors (Lipinski definition) is 5. The minimum atomic E-state index is 0.0184. The lowest BCUT2D eigenvalue weighted by atomic mass is 9.84. The molecule has 0 radical (unpaired) electrons. The van der Waals surface area contributed by atoms with Gasteiger partial charge < -0.3 is 4.90 Å². The quantitative estimate of drug-likeness (QED) is 0.157. The number of aliphatic imine (C=N–C) groups is 1. The van der Waals surface area contributed by atoms with E-state index in [1.54, 1.807) is 0 Å². The lowest BCUT2D eigenvalue weighted by Crippen LogP contribution is -2.35. The van der Waals surface area contributed by atoms with Crippen LogP contribution in [0.15, 0.2) is 205 Å². The van der Waals surface area contributed by atoms with Crippen molar-refractivity contribution in [1.29, 1.82) is 0 Å². The molecular formula is C58H43N5. The SMILES string of the molecule is CN1C(C2=CCCC(c3ccc4ccc5ccc(-c6ccc(-c7ccc8c9ccccc9c9ccccc9c8c7)cc6)nc5c4n3)C2)=NC(c2ccccc2)=CC1c1cccnc1. The van der Waals surface area contributed by atoms with E-state index in [1.165, 1.54) is 49.0 Å². The second kappa shape index (κ2) is 15.3. The van der Waals surface area contributed by atoms with Crippen LogP contribution >= 0.6 is 0 Å². The number of nitrogens with zero attached hydrogens (tertiary/aromatic N) is 5. The van der Waals surface area contributed by atoms with Crippen LogP contribution in [-0.4, -0.2) is 32.7 Å². The molecular weight excluding hydrogens is 767 g/mol. The first-order valence-electron chi connectivity index (χ1n) is 22.0. The van der Waals surface area contributed by atoms with Gasteiger partial charge in [0.15, 0.2) is 0 Å². The van der Waals surface area contributed by atoms with E-state index in [0.717, 1.165) is 80.7 Å². The lowest BCUT2D eigenvalue weighted by molar-refractivity contribution is 0.428. The minimum absolute atomic E-state index is 0.0184. The zero-order valence-corrected chi connectivity index (χ0v) is 35.0. The fourth-order valence-corrected chi connectivity index (χ4v) is 10.00. The van der Waals surface area contributed by atoms with Crippen LogP contribution in [0.3, 0.4) is 0 Å². The topological polar surface area (TPSA) is 54.3 Å². The monoisotopic (exact) mass is 809 g/mol. The molecule has 2 unspecified atom stereocenters. The Hall–Kier alpha value is -7.76. The van der Waals surface area contributed by atoms with Crippen molar-refractivity contribution < 1.29 is 0 Å². The molecule has 1 aliphatic carbocycles. The van der Waals surface area contributed by atoms with Crippen molar-refractivity contribution in [2.45, 2.75) is 31.2 Å². The first-order chi connectivity index (χ1) is 31.1. The summed E-state index contributed by atoms with van der Waals surface area (Å²) in [4.78, 5) is 22.9. The molecule has 0 N–H and O–H groups in total. The molecule has 0 fully saturated rings. The summed E-state index contributed by atoms with van der Waals surface area (Å²) in [7, 11) is 2.16. The summed E-state index contributed by atoms with van der Waals surface area (Å²) in [5.74, 6) is 1.27. The first-order valence-corrected chi connectivity index (χ1v) is 22.0. The van der Waals surface area contributed by atoms with Gasteiger partial charge in [-0.3, -0.25) is 9.97 Å². The van der Waals surface area contributed by atoms with Gasteiger partial charge in [0.05, 0.1) is 28.5 Å². The average Bonchev–Trinajstić information content (AvgIpc) is 3.36. The second-order valence-corrected chi connectivity index (χ2v) is 17.0. The van der Waals surface area contributed by atoms with Gasteiger partial charge in [-0.2, -0.15) is 0 Å². The zero-order valence-electron chi connectivity index (χ0n) is 35.0. The molecule has 7 aromatic carbocycles. The van der Waals surface area contributed by atoms with Gasteiger partial charge in [-0.15, -0.1) is 0 Å². The summed E-state index contributed by atoms with van der Waals surface area (Å²) in [6.07, 6.45) is 11.3. The van der Waals surface area contributed by atoms with Crippen LogP contribution in [0.2, 0.25) is 0 Å². The smallest absolute Gasteiger partial charge is 0.132 e. The van der Waals surface area contributed by atoms with E-state index in [1.807, 2.05) is 18.5 Å². The third-order valence-electron chi connectivity index (χ3n) is 13.3. The highest BCUT2D eigenvalue weighted by Crippen LogP contribution is 2.40. The van der Waals surface area contributed by atoms with E-state index in [9.17, 15) is 0 Å². The third-order valence-corrected chi connectivity index (χ3v) is 13.3. The normalized spacial score (nSPS) is 16.7. The third kappa shape index (κ3) is 6.56. The van der Waals surface area contributed by atoms with Gasteiger partial charge in [0.1, 0.15) is 5.84 Å². The van der Waals surface area contributed by atoms with E-state index in [4.69, 9.17) is 15.0 Å². The summed E-state index contributed by atoms with van der Waals surface area (Å²) in [6, 6.07) is 61.1. The lowest BCUT2D eigenvalue weighted by Gasteiger charge is -2.36. The Labute approximate surface area is 366 Å². The molecule has 0 saturated heterocycles. The van der Waals surface area contributed by atoms with Crippen molar-refractivity contribution in [3.8, 4) is 22.4 Å². The summed E-state index contributed by atoms with van der Waals surface area (Å²) >= 11 is 0. The molecule has 0 bridgehead atoms. The Morgan fingerprint density at radius 1 is 0.540 bits per heavy atom. The maximum atomic E-state index is 5.44. The maximum Gasteiger partial charge on any atom is 0.132 e. The standard InChI is InChI=1S/C58H43N5/c1-63-55(45-15-10-32-59-36-45)35-54(38-11-3-2-4-12-38)62-58(63)44-14-9-13-43(33-44)53-31-28-41-25-24-40-27-30-52(60-56(40)57(41)61-53)39-22-20-37(21-23-39)42-26-29-50-48-18-6-5-16-46(48)47-17-7-8-19-49(47)51(50)34-42/h2-8,10-12,14-32,34-36,43,55H,9,13,33H2,1H3. The molecule has 0 amide bonds. The fraction of sp³-hybridized carbons (Fsp3) is 0.103. The number of hydrogen-bond donors (Lipinski definition) is 0. The van der Waals surface area contributed by atoms with Crippen LogP contribution < -0.4 is 0 Å². The second-order valence-electron chi connectivity index (χ2n) is 17.0. The van der Waals surface area contributed by atoms with Crippen molar-refractivity contribution >= 4 is 65.7 Å². The number of rotatable bonds is 6. The van der Waals surface area contributed by atoms with Gasteiger partial charge >= 0.3 is 0 Å². The molecule has 0 saturated carbocycles. The predicted molar refractivity (Wildman–Crippen MR) is 262 cm³/mol. The van der Waals surface area contributed by atoms with Crippen molar-refractivity contribution in [2.75, 3.05) is 7.05 Å². The molecule has 63 heavy (non-hydrogen) atoms. The summed E-state index contributed by atoms with van der Waals surface area (Å²) in [5.41, 5.74) is 11.9. The van der Waals surface area contributed by atoms with Gasteiger partial charge in [0.2, 0.25) is 0 Å². The van der Waals surface area contributed by atoms with Crippen LogP contribution in [0.1, 0.15) is 48.0 Å². The van der Waals surface area contributed by atoms with Crippen LogP contribution in [0, 0.1) is 0 Å². The molecule has 3 aromatic heterocycles. The molecule has 4 heterocycles. The average molecular weight is 810 g/mol. The molecule has 2 atom stereocenters. The summed E-state index contributed by atoms with van der Waals surface area (Å²) in [5, 5.41) is 9.91. The zero-order chi connectivity index (χ0) is 41.9. The number of pyridine rings is 3. The van der Waals surface area contributed by atoms with Crippen molar-refractivity contribution in [3.63, 3.8) is 0 Å². The van der Waals surface area contributed by atoms with Gasteiger partial charge in [-0.1, -0.05) is 152 Å². The molecule has 10 aromatic rings. The number of fused-ring (bicyclic) bond motifs is 9. The maximum absolute atomic E-state index is 5.44. The van der Waals surface area contributed by atoms with E-state index < -0.39 is 0 Å². The Morgan fingerprint density at radius 2 is 1.17 bits per heavy atom. The van der Waals surface area contributed by atoms with E-state index >= 15 is 0 Å². The van der Waals surface area contributed by atoms with Gasteiger partial charge in [0, 0.05) is 47.4 Å². The van der Waals surface area contributed by atoms with E-state index in [-0.39, 0.29) is 12.0 Å². The molecule has 5 heteroatoms. The van der Waals surface area contributed by atoms with Crippen LogP contribution in [-0.2, 0) is 0 Å². The summed E-state index contributed by atoms with van der Waals surface area (Å²) < 4.78 is 0. The summed E-state index contributed by atoms with van der Waals surface area (Å²) in [6.45, 7) is 0. The van der Waals surface area contributed by atoms with Crippen molar-refractivity contribution in [3.05, 3.63) is 217 Å². The van der Waals surface area contributed by atoms with Crippen molar-refractivity contribution in [2.24, 2.45) is 4.99 Å². The van der Waals surface area contributed by atoms with Crippen LogP contribution in [0.4, 0.5) is 0 Å². The van der Waals surface area contributed by atoms with Gasteiger partial charge in [0.25, 0.3) is 0 Å². The Morgan fingerprint density at radius 3 is 1.90 bits per heavy atom. The minimum Gasteiger partial charge on any atom is -0.349 e. The van der Waals surface area contributed by atoms with E-state index in [0.29, 0.717) is 0 Å². The fourth-order valence-electron chi connectivity index (χ4n) is 10.00. The molecule has 1 aliphatic heterocycles. The molecule has 0 spiro atoms. The highest BCUT2D eigenvalue weighted by atomic mass is 15.2. The number of aromatic nitrogens is 3. The molecule has 5 nitrogen and oxygen atoms in total. The van der Waals surface area contributed by atoms with Gasteiger partial charge in [-0.05, 0) is 110 Å². The van der Waals surface area contributed by atoms with E-state index in [2.05, 4.69) is 193 Å². The molecule has 300 valence electrons. The predicted octanol–water partition coefficient (Wildman–Crippen LogP) is 14.3. The molecule has 12 rings (SSSR count). The van der Waals surface area contributed by atoms with Gasteiger partial charge in [-0.25, -0.2) is 9.98 Å². The Balaban J connectivity index is 0.856. The molecule has 2 aliphatic rings. The first kappa shape index (κ1) is 37.0. The number of benzene rings is 7. The number of likely N-dealkylation sites (N-methyl/N-ethyl adjacent to an activating group) is 1. The van der Waals surface area contributed by atoms with Crippen LogP contribution in [0.5, 0.6) is 0 Å². The Bertz CT molecular complexity index is 3460. The Kier molecular flexibility index (Phi) is 9.00. The number of amidine groups is 1.